The summed E-state index contributed by atoms with van der Waals surface area (Å²) >= 11 is 1.56. The second-order valence-electron chi connectivity index (χ2n) is 8.26. The van der Waals surface area contributed by atoms with Gasteiger partial charge in [-0.2, -0.15) is 0 Å². The summed E-state index contributed by atoms with van der Waals surface area (Å²) in [5.74, 6) is 1.75. The maximum atomic E-state index is 13.0. The van der Waals surface area contributed by atoms with Gasteiger partial charge in [0.15, 0.2) is 0 Å². The van der Waals surface area contributed by atoms with Gasteiger partial charge in [-0.15, -0.1) is 11.8 Å². The maximum Gasteiger partial charge on any atom is 0.295 e. The van der Waals surface area contributed by atoms with Gasteiger partial charge in [0.25, 0.3) is 5.56 Å². The Hall–Kier alpha value is -3.39. The number of fused-ring (bicyclic) bond motifs is 1. The van der Waals surface area contributed by atoms with Crippen molar-refractivity contribution in [3.63, 3.8) is 0 Å². The summed E-state index contributed by atoms with van der Waals surface area (Å²) in [4.78, 5) is 35.2. The van der Waals surface area contributed by atoms with Gasteiger partial charge in [0, 0.05) is 30.5 Å². The first-order valence-electron chi connectivity index (χ1n) is 11.1. The highest BCUT2D eigenvalue weighted by Crippen LogP contribution is 2.39. The van der Waals surface area contributed by atoms with Crippen LogP contribution in [0.5, 0.6) is 0 Å². The number of amides is 1. The molecule has 1 aliphatic carbocycles. The molecule has 1 fully saturated rings. The van der Waals surface area contributed by atoms with Gasteiger partial charge < -0.3 is 5.32 Å². The normalized spacial score (nSPS) is 13.4. The number of rotatable bonds is 7. The third-order valence-corrected chi connectivity index (χ3v) is 6.91. The molecule has 1 amide bonds. The molecule has 2 heterocycles. The predicted molar refractivity (Wildman–Crippen MR) is 131 cm³/mol. The van der Waals surface area contributed by atoms with Crippen LogP contribution in [0.25, 0.3) is 16.6 Å². The number of nitrogens with zero attached hydrogens (tertiary/aromatic N) is 4. The standard InChI is InChI=1S/C25H25N5O2S/c1-16-22(25(32)30(29(16)2)18-8-4-3-5-9-18)27-21(31)14-15-33-24-19-10-6-7-11-20(19)26-23(28-24)17-12-13-17/h3-11,17H,12-15H2,1-2H3,(H,27,31). The lowest BCUT2D eigenvalue weighted by molar-refractivity contribution is -0.115. The van der Waals surface area contributed by atoms with E-state index < -0.39 is 0 Å². The largest absolute Gasteiger partial charge is 0.320 e. The number of thioether (sulfide) groups is 1. The van der Waals surface area contributed by atoms with Crippen molar-refractivity contribution in [2.24, 2.45) is 7.05 Å². The molecule has 0 saturated heterocycles. The SMILES string of the molecule is Cc1c(NC(=O)CCSc2nc(C3CC3)nc3ccccc23)c(=O)n(-c2ccccc2)n1C. The second kappa shape index (κ2) is 8.86. The van der Waals surface area contributed by atoms with Gasteiger partial charge in [-0.05, 0) is 38.0 Å². The van der Waals surface area contributed by atoms with Crippen molar-refractivity contribution in [1.29, 1.82) is 0 Å². The molecule has 0 aliphatic heterocycles. The first kappa shape index (κ1) is 21.5. The van der Waals surface area contributed by atoms with Crippen LogP contribution in [0.2, 0.25) is 0 Å². The van der Waals surface area contributed by atoms with E-state index in [1.54, 1.807) is 21.1 Å². The number of carbonyl (C=O) groups excluding carboxylic acids is 1. The van der Waals surface area contributed by atoms with Gasteiger partial charge in [-0.3, -0.25) is 14.3 Å². The van der Waals surface area contributed by atoms with Crippen molar-refractivity contribution in [2.75, 3.05) is 11.1 Å². The van der Waals surface area contributed by atoms with Crippen molar-refractivity contribution in [3.05, 3.63) is 76.5 Å². The molecule has 2 aromatic carbocycles. The maximum absolute atomic E-state index is 13.0. The number of anilines is 1. The lowest BCUT2D eigenvalue weighted by atomic mass is 10.2. The Balaban J connectivity index is 1.29. The van der Waals surface area contributed by atoms with Crippen molar-refractivity contribution in [1.82, 2.24) is 19.3 Å². The second-order valence-corrected chi connectivity index (χ2v) is 9.35. The Bertz CT molecular complexity index is 1390. The molecule has 5 rings (SSSR count). The van der Waals surface area contributed by atoms with E-state index in [1.807, 2.05) is 68.6 Å². The van der Waals surface area contributed by atoms with Crippen LogP contribution in [-0.2, 0) is 11.8 Å². The number of aromatic nitrogens is 4. The molecule has 0 bridgehead atoms. The molecule has 1 aliphatic rings. The Labute approximate surface area is 195 Å². The van der Waals surface area contributed by atoms with Crippen LogP contribution in [0.15, 0.2) is 64.4 Å². The fourth-order valence-corrected chi connectivity index (χ4v) is 4.82. The number of nitrogens with one attached hydrogen (secondary N) is 1. The zero-order valence-corrected chi connectivity index (χ0v) is 19.4. The van der Waals surface area contributed by atoms with Crippen molar-refractivity contribution in [3.8, 4) is 5.69 Å². The average molecular weight is 460 g/mol. The Kier molecular flexibility index (Phi) is 5.76. The minimum Gasteiger partial charge on any atom is -0.320 e. The molecule has 0 spiro atoms. The van der Waals surface area contributed by atoms with Gasteiger partial charge in [0.2, 0.25) is 5.91 Å². The molecule has 2 aromatic heterocycles. The van der Waals surface area contributed by atoms with E-state index in [0.29, 0.717) is 23.1 Å². The highest BCUT2D eigenvalue weighted by atomic mass is 32.2. The molecule has 168 valence electrons. The fraction of sp³-hybridized carbons (Fsp3) is 0.280. The molecule has 1 saturated carbocycles. The van der Waals surface area contributed by atoms with E-state index >= 15 is 0 Å². The van der Waals surface area contributed by atoms with E-state index in [-0.39, 0.29) is 17.9 Å². The quantitative estimate of drug-likeness (QED) is 0.327. The van der Waals surface area contributed by atoms with E-state index in [9.17, 15) is 9.59 Å². The first-order valence-corrected chi connectivity index (χ1v) is 12.0. The zero-order valence-electron chi connectivity index (χ0n) is 18.6. The average Bonchev–Trinajstić information content (AvgIpc) is 3.65. The van der Waals surface area contributed by atoms with E-state index in [4.69, 9.17) is 9.97 Å². The minimum atomic E-state index is -0.238. The summed E-state index contributed by atoms with van der Waals surface area (Å²) in [5, 5.41) is 4.76. The number of hydrogen-bond donors (Lipinski definition) is 1. The van der Waals surface area contributed by atoms with Crippen molar-refractivity contribution < 1.29 is 4.79 Å². The van der Waals surface area contributed by atoms with Crippen LogP contribution in [0, 0.1) is 6.92 Å². The minimum absolute atomic E-state index is 0.186. The molecule has 4 aromatic rings. The van der Waals surface area contributed by atoms with E-state index in [2.05, 4.69) is 5.32 Å². The van der Waals surface area contributed by atoms with Crippen LogP contribution in [-0.4, -0.2) is 31.0 Å². The van der Waals surface area contributed by atoms with Gasteiger partial charge in [-0.1, -0.05) is 36.4 Å². The summed E-state index contributed by atoms with van der Waals surface area (Å²) in [7, 11) is 1.81. The third-order valence-electron chi connectivity index (χ3n) is 5.91. The van der Waals surface area contributed by atoms with Crippen molar-refractivity contribution >= 4 is 34.3 Å². The van der Waals surface area contributed by atoms with Crippen molar-refractivity contribution in [2.45, 2.75) is 37.1 Å². The van der Waals surface area contributed by atoms with E-state index in [0.717, 1.165) is 40.3 Å². The number of hydrogen-bond acceptors (Lipinski definition) is 5. The van der Waals surface area contributed by atoms with Crippen LogP contribution >= 0.6 is 11.8 Å². The van der Waals surface area contributed by atoms with Gasteiger partial charge in [-0.25, -0.2) is 14.6 Å². The predicted octanol–water partition coefficient (Wildman–Crippen LogP) is 4.43. The summed E-state index contributed by atoms with van der Waals surface area (Å²) in [6, 6.07) is 17.4. The Morgan fingerprint density at radius 2 is 1.82 bits per heavy atom. The molecule has 7 nitrogen and oxygen atoms in total. The summed E-state index contributed by atoms with van der Waals surface area (Å²) in [6.07, 6.45) is 2.56. The molecular weight excluding hydrogens is 434 g/mol. The Morgan fingerprint density at radius 1 is 1.09 bits per heavy atom. The highest BCUT2D eigenvalue weighted by Gasteiger charge is 2.27. The smallest absolute Gasteiger partial charge is 0.295 e. The lowest BCUT2D eigenvalue weighted by Gasteiger charge is -2.08. The monoisotopic (exact) mass is 459 g/mol. The molecule has 1 N–H and O–H groups in total. The van der Waals surface area contributed by atoms with Gasteiger partial charge >= 0.3 is 0 Å². The number of benzene rings is 2. The van der Waals surface area contributed by atoms with Crippen LogP contribution in [0.1, 0.15) is 36.7 Å². The van der Waals surface area contributed by atoms with Crippen LogP contribution in [0.4, 0.5) is 5.69 Å². The fourth-order valence-electron chi connectivity index (χ4n) is 3.85. The number of para-hydroxylation sites is 2. The highest BCUT2D eigenvalue weighted by molar-refractivity contribution is 7.99. The molecule has 0 radical (unpaired) electrons. The summed E-state index contributed by atoms with van der Waals surface area (Å²) in [5.41, 5.74) is 2.49. The summed E-state index contributed by atoms with van der Waals surface area (Å²) < 4.78 is 3.32. The summed E-state index contributed by atoms with van der Waals surface area (Å²) in [6.45, 7) is 1.83. The number of carbonyl (C=O) groups is 1. The molecular formula is C25H25N5O2S. The molecule has 33 heavy (non-hydrogen) atoms. The first-order chi connectivity index (χ1) is 16.0. The van der Waals surface area contributed by atoms with E-state index in [1.165, 1.54) is 0 Å². The third kappa shape index (κ3) is 4.30. The molecule has 0 atom stereocenters. The molecule has 0 unspecified atom stereocenters. The van der Waals surface area contributed by atoms with Gasteiger partial charge in [0.05, 0.1) is 16.9 Å². The molecule has 8 heteroatoms. The zero-order chi connectivity index (χ0) is 22.9. The van der Waals surface area contributed by atoms with Gasteiger partial charge in [0.1, 0.15) is 16.5 Å². The lowest BCUT2D eigenvalue weighted by Crippen LogP contribution is -2.23. The van der Waals surface area contributed by atoms with Crippen LogP contribution in [0.3, 0.4) is 0 Å². The van der Waals surface area contributed by atoms with Crippen LogP contribution < -0.4 is 10.9 Å². The topological polar surface area (TPSA) is 81.8 Å². The Morgan fingerprint density at radius 3 is 2.58 bits per heavy atom.